The van der Waals surface area contributed by atoms with E-state index in [2.05, 4.69) is 10.3 Å². The van der Waals surface area contributed by atoms with E-state index in [1.54, 1.807) is 26.4 Å². The van der Waals surface area contributed by atoms with E-state index in [0.29, 0.717) is 42.7 Å². The molecule has 1 heterocycles. The maximum Gasteiger partial charge on any atom is 0.222 e. The van der Waals surface area contributed by atoms with E-state index in [9.17, 15) is 4.79 Å². The van der Waals surface area contributed by atoms with Crippen molar-refractivity contribution in [3.8, 4) is 11.5 Å². The highest BCUT2D eigenvalue weighted by atomic mass is 127. The Kier molecular flexibility index (Phi) is 8.56. The fourth-order valence-electron chi connectivity index (χ4n) is 3.11. The number of nitrogens with two attached hydrogens (primary N) is 1. The van der Waals surface area contributed by atoms with Crippen molar-refractivity contribution in [3.05, 3.63) is 53.6 Å². The number of nitrogens with zero attached hydrogens (tertiary/aromatic N) is 2. The van der Waals surface area contributed by atoms with Crippen LogP contribution in [0.25, 0.3) is 0 Å². The summed E-state index contributed by atoms with van der Waals surface area (Å²) in [7, 11) is 3.20. The van der Waals surface area contributed by atoms with Gasteiger partial charge < -0.3 is 25.4 Å². The number of guanidine groups is 1. The monoisotopic (exact) mass is 510 g/mol. The standard InChI is InChI=1S/C21H26N4O3.HI/c1-27-17-9-10-19(28-2)18(12-17)24-21(22)23-13-15-5-7-16(8-6-15)14-25-11-3-4-20(25)26;/h5-10,12H,3-4,11,13-14H2,1-2H3,(H3,22,23,24);1H. The molecule has 0 unspecified atom stereocenters. The van der Waals surface area contributed by atoms with Crippen molar-refractivity contribution in [2.24, 2.45) is 10.7 Å². The zero-order valence-corrected chi connectivity index (χ0v) is 19.0. The van der Waals surface area contributed by atoms with Crippen LogP contribution in [-0.2, 0) is 17.9 Å². The Balaban J connectivity index is 0.00000300. The van der Waals surface area contributed by atoms with E-state index >= 15 is 0 Å². The molecule has 1 fully saturated rings. The second-order valence-corrected chi connectivity index (χ2v) is 6.63. The Morgan fingerprint density at radius 1 is 1.14 bits per heavy atom. The molecule has 2 aromatic carbocycles. The first-order chi connectivity index (χ1) is 13.6. The third-order valence-corrected chi connectivity index (χ3v) is 4.67. The van der Waals surface area contributed by atoms with Crippen LogP contribution in [0, 0.1) is 0 Å². The second-order valence-electron chi connectivity index (χ2n) is 6.63. The molecule has 29 heavy (non-hydrogen) atoms. The van der Waals surface area contributed by atoms with Gasteiger partial charge in [0, 0.05) is 25.6 Å². The van der Waals surface area contributed by atoms with Gasteiger partial charge in [-0.05, 0) is 29.7 Å². The van der Waals surface area contributed by atoms with E-state index in [4.69, 9.17) is 15.2 Å². The lowest BCUT2D eigenvalue weighted by atomic mass is 10.1. The molecular weight excluding hydrogens is 483 g/mol. The van der Waals surface area contributed by atoms with Crippen LogP contribution in [0.5, 0.6) is 11.5 Å². The third kappa shape index (κ3) is 6.25. The van der Waals surface area contributed by atoms with Gasteiger partial charge in [0.05, 0.1) is 26.5 Å². The van der Waals surface area contributed by atoms with Crippen molar-refractivity contribution in [1.82, 2.24) is 4.90 Å². The number of hydrogen-bond donors (Lipinski definition) is 2. The molecule has 1 aliphatic rings. The van der Waals surface area contributed by atoms with Crippen molar-refractivity contribution in [3.63, 3.8) is 0 Å². The maximum absolute atomic E-state index is 11.7. The quantitative estimate of drug-likeness (QED) is 0.339. The first kappa shape index (κ1) is 22.8. The molecule has 0 aliphatic carbocycles. The number of likely N-dealkylation sites (tertiary alicyclic amines) is 1. The van der Waals surface area contributed by atoms with Crippen molar-refractivity contribution in [2.45, 2.75) is 25.9 Å². The van der Waals surface area contributed by atoms with Crippen molar-refractivity contribution in [2.75, 3.05) is 26.1 Å². The molecule has 0 aromatic heterocycles. The summed E-state index contributed by atoms with van der Waals surface area (Å²) in [5.74, 6) is 1.88. The van der Waals surface area contributed by atoms with Gasteiger partial charge in [-0.25, -0.2) is 4.99 Å². The molecule has 8 heteroatoms. The van der Waals surface area contributed by atoms with E-state index in [0.717, 1.165) is 24.1 Å². The molecular formula is C21H27IN4O3. The number of hydrogen-bond acceptors (Lipinski definition) is 4. The van der Waals surface area contributed by atoms with Crippen LogP contribution in [-0.4, -0.2) is 37.5 Å². The summed E-state index contributed by atoms with van der Waals surface area (Å²) in [5, 5.41) is 3.05. The number of carbonyl (C=O) groups excluding carboxylic acids is 1. The number of rotatable bonds is 7. The zero-order valence-electron chi connectivity index (χ0n) is 16.7. The minimum Gasteiger partial charge on any atom is -0.497 e. The lowest BCUT2D eigenvalue weighted by Crippen LogP contribution is -2.23. The smallest absolute Gasteiger partial charge is 0.222 e. The molecule has 3 N–H and O–H groups in total. The SMILES string of the molecule is COc1ccc(OC)c(NC(N)=NCc2ccc(CN3CCCC3=O)cc2)c1.I. The summed E-state index contributed by atoms with van der Waals surface area (Å²) in [6.45, 7) is 1.97. The Morgan fingerprint density at radius 2 is 1.86 bits per heavy atom. The molecule has 0 spiro atoms. The molecule has 0 atom stereocenters. The van der Waals surface area contributed by atoms with Gasteiger partial charge in [-0.3, -0.25) is 4.79 Å². The van der Waals surface area contributed by atoms with Crippen LogP contribution in [0.4, 0.5) is 5.69 Å². The summed E-state index contributed by atoms with van der Waals surface area (Å²) in [4.78, 5) is 18.0. The normalized spacial score (nSPS) is 13.8. The first-order valence-electron chi connectivity index (χ1n) is 9.23. The minimum atomic E-state index is 0. The number of benzene rings is 2. The van der Waals surface area contributed by atoms with Crippen LogP contribution in [0.1, 0.15) is 24.0 Å². The van der Waals surface area contributed by atoms with E-state index < -0.39 is 0 Å². The Bertz CT molecular complexity index is 856. The molecule has 0 saturated carbocycles. The number of halogens is 1. The third-order valence-electron chi connectivity index (χ3n) is 4.67. The van der Waals surface area contributed by atoms with Gasteiger partial charge in [0.15, 0.2) is 5.96 Å². The number of aliphatic imine (C=N–C) groups is 1. The number of nitrogens with one attached hydrogen (secondary N) is 1. The summed E-state index contributed by atoms with van der Waals surface area (Å²) in [5.41, 5.74) is 8.87. The van der Waals surface area contributed by atoms with Gasteiger partial charge in [0.2, 0.25) is 5.91 Å². The molecule has 1 amide bonds. The van der Waals surface area contributed by atoms with Crippen molar-refractivity contribution >= 4 is 41.5 Å². The average molecular weight is 510 g/mol. The molecule has 156 valence electrons. The molecule has 1 saturated heterocycles. The van der Waals surface area contributed by atoms with Gasteiger partial charge in [-0.1, -0.05) is 24.3 Å². The van der Waals surface area contributed by atoms with Gasteiger partial charge in [-0.15, -0.1) is 24.0 Å². The van der Waals surface area contributed by atoms with E-state index in [1.807, 2.05) is 35.2 Å². The molecule has 7 nitrogen and oxygen atoms in total. The molecule has 0 bridgehead atoms. The largest absolute Gasteiger partial charge is 0.497 e. The molecule has 0 radical (unpaired) electrons. The first-order valence-corrected chi connectivity index (χ1v) is 9.23. The van der Waals surface area contributed by atoms with E-state index in [-0.39, 0.29) is 29.9 Å². The minimum absolute atomic E-state index is 0. The van der Waals surface area contributed by atoms with Crippen LogP contribution in [0.2, 0.25) is 0 Å². The van der Waals surface area contributed by atoms with Crippen LogP contribution in [0.15, 0.2) is 47.5 Å². The Labute approximate surface area is 188 Å². The van der Waals surface area contributed by atoms with Gasteiger partial charge in [0.1, 0.15) is 11.5 Å². The zero-order chi connectivity index (χ0) is 19.9. The van der Waals surface area contributed by atoms with Gasteiger partial charge in [0.25, 0.3) is 0 Å². The fourth-order valence-corrected chi connectivity index (χ4v) is 3.11. The highest BCUT2D eigenvalue weighted by Gasteiger charge is 2.19. The topological polar surface area (TPSA) is 89.2 Å². The number of amides is 1. The number of anilines is 1. The highest BCUT2D eigenvalue weighted by molar-refractivity contribution is 14.0. The highest BCUT2D eigenvalue weighted by Crippen LogP contribution is 2.28. The summed E-state index contributed by atoms with van der Waals surface area (Å²) in [6.07, 6.45) is 1.62. The number of carbonyl (C=O) groups is 1. The van der Waals surface area contributed by atoms with Crippen LogP contribution in [0.3, 0.4) is 0 Å². The Hall–Kier alpha value is -2.49. The molecule has 2 aromatic rings. The van der Waals surface area contributed by atoms with Crippen LogP contribution >= 0.6 is 24.0 Å². The summed E-state index contributed by atoms with van der Waals surface area (Å²) < 4.78 is 10.6. The predicted octanol–water partition coefficient (Wildman–Crippen LogP) is 3.37. The summed E-state index contributed by atoms with van der Waals surface area (Å²) >= 11 is 0. The Morgan fingerprint density at radius 3 is 2.48 bits per heavy atom. The molecule has 3 rings (SSSR count). The lowest BCUT2D eigenvalue weighted by Gasteiger charge is -2.15. The average Bonchev–Trinajstić information content (AvgIpc) is 3.12. The van der Waals surface area contributed by atoms with Crippen molar-refractivity contribution in [1.29, 1.82) is 0 Å². The van der Waals surface area contributed by atoms with E-state index in [1.165, 1.54) is 0 Å². The summed E-state index contributed by atoms with van der Waals surface area (Å²) in [6, 6.07) is 13.5. The van der Waals surface area contributed by atoms with Crippen molar-refractivity contribution < 1.29 is 14.3 Å². The van der Waals surface area contributed by atoms with Gasteiger partial charge >= 0.3 is 0 Å². The number of methoxy groups -OCH3 is 2. The predicted molar refractivity (Wildman–Crippen MR) is 125 cm³/mol. The number of ether oxygens (including phenoxy) is 2. The maximum atomic E-state index is 11.7. The molecule has 1 aliphatic heterocycles. The second kappa shape index (κ2) is 10.9. The van der Waals surface area contributed by atoms with Gasteiger partial charge in [-0.2, -0.15) is 0 Å². The fraction of sp³-hybridized carbons (Fsp3) is 0.333. The van der Waals surface area contributed by atoms with Crippen LogP contribution < -0.4 is 20.5 Å². The lowest BCUT2D eigenvalue weighted by molar-refractivity contribution is -0.128.